The quantitative estimate of drug-likeness (QED) is 0.0603. The summed E-state index contributed by atoms with van der Waals surface area (Å²) in [6.07, 6.45) is 21.1. The summed E-state index contributed by atoms with van der Waals surface area (Å²) in [6, 6.07) is 21.3. The fourth-order valence-corrected chi connectivity index (χ4v) is 10.8. The molecule has 12 rings (SSSR count). The van der Waals surface area contributed by atoms with Crippen LogP contribution in [0.15, 0.2) is 110 Å². The number of nitrogen functional groups attached to an aromatic ring is 1. The third kappa shape index (κ3) is 11.2. The first kappa shape index (κ1) is 49.6. The average Bonchev–Trinajstić information content (AvgIpc) is 3.69. The van der Waals surface area contributed by atoms with Gasteiger partial charge >= 0.3 is 5.97 Å². The van der Waals surface area contributed by atoms with Crippen molar-refractivity contribution in [2.24, 2.45) is 37.8 Å². The van der Waals surface area contributed by atoms with E-state index in [4.69, 9.17) is 10.5 Å². The number of hydrogen-bond donors (Lipinski definition) is 4. The van der Waals surface area contributed by atoms with Crippen LogP contribution in [0.25, 0.3) is 0 Å². The normalized spacial score (nSPS) is 18.8. The Labute approximate surface area is 420 Å². The zero-order valence-corrected chi connectivity index (χ0v) is 41.9. The van der Waals surface area contributed by atoms with Crippen molar-refractivity contribution >= 4 is 31.3 Å². The van der Waals surface area contributed by atoms with Gasteiger partial charge in [0, 0.05) is 87.2 Å². The minimum atomic E-state index is -1.09. The van der Waals surface area contributed by atoms with Gasteiger partial charge in [-0.15, -0.1) is 0 Å². The van der Waals surface area contributed by atoms with Crippen molar-refractivity contribution in [1.82, 2.24) is 59.1 Å². The lowest BCUT2D eigenvalue weighted by Crippen LogP contribution is -2.22. The van der Waals surface area contributed by atoms with Crippen LogP contribution < -0.4 is 11.1 Å². The number of benzene rings is 2. The van der Waals surface area contributed by atoms with Gasteiger partial charge in [-0.05, 0) is 79.4 Å². The van der Waals surface area contributed by atoms with E-state index in [0.717, 1.165) is 101 Å². The van der Waals surface area contributed by atoms with Crippen molar-refractivity contribution in [2.45, 2.75) is 90.5 Å². The molecule has 4 aliphatic rings. The van der Waals surface area contributed by atoms with Crippen molar-refractivity contribution in [3.63, 3.8) is 0 Å². The van der Waals surface area contributed by atoms with Gasteiger partial charge in [-0.1, -0.05) is 87.7 Å². The molecule has 6 heterocycles. The lowest BCUT2D eigenvalue weighted by atomic mass is 9.96. The molecule has 18 nitrogen and oxygen atoms in total. The molecule has 0 radical (unpaired) electrons. The maximum absolute atomic E-state index is 12.9. The van der Waals surface area contributed by atoms with Crippen LogP contribution >= 0.6 is 0 Å². The van der Waals surface area contributed by atoms with E-state index in [9.17, 15) is 14.7 Å². The van der Waals surface area contributed by atoms with Gasteiger partial charge in [0.05, 0.1) is 36.2 Å². The SMILES string of the molecule is C.C[Si](C)(C)CCOCn1nc(C(=O)O)c2c1CC1CC1C2.Cn1cc(C(c2ccccc2)n2cc(N)cn2)cn1.Cn1cc(C(c2ccccc2)n2cc(NC(=O)c3n[nH]c4c3CC3CC3C4)cn2)cn1. The number of nitrogens with two attached hydrogens (primary N) is 1. The number of carbonyl (C=O) groups excluding carboxylic acids is 1. The van der Waals surface area contributed by atoms with Crippen LogP contribution in [0, 0.1) is 23.7 Å². The molecule has 0 aliphatic heterocycles. The number of fused-ring (bicyclic) bond motifs is 4. The number of H-pyrrole nitrogens is 1. The number of aromatic nitrogens is 12. The highest BCUT2D eigenvalue weighted by Gasteiger charge is 2.45. The molecule has 72 heavy (non-hydrogen) atoms. The topological polar surface area (TPSA) is 219 Å². The number of ether oxygens (including phenoxy) is 1. The Morgan fingerprint density at radius 2 is 1.31 bits per heavy atom. The van der Waals surface area contributed by atoms with Crippen molar-refractivity contribution in [2.75, 3.05) is 17.7 Å². The van der Waals surface area contributed by atoms with Gasteiger partial charge in [-0.25, -0.2) is 9.48 Å². The molecule has 2 aromatic carbocycles. The van der Waals surface area contributed by atoms with Crippen molar-refractivity contribution in [1.29, 1.82) is 0 Å². The molecule has 0 bridgehead atoms. The molecule has 0 saturated heterocycles. The third-order valence-corrected chi connectivity index (χ3v) is 15.8. The highest BCUT2D eigenvalue weighted by atomic mass is 28.3. The zero-order chi connectivity index (χ0) is 49.4. The second-order valence-electron chi connectivity index (χ2n) is 20.7. The predicted molar refractivity (Wildman–Crippen MR) is 277 cm³/mol. The van der Waals surface area contributed by atoms with E-state index in [1.54, 1.807) is 26.4 Å². The van der Waals surface area contributed by atoms with E-state index < -0.39 is 14.0 Å². The molecule has 376 valence electrons. The summed E-state index contributed by atoms with van der Waals surface area (Å²) < 4.78 is 14.8. The van der Waals surface area contributed by atoms with Gasteiger partial charge in [0.1, 0.15) is 18.8 Å². The molecule has 6 atom stereocenters. The molecule has 2 saturated carbocycles. The van der Waals surface area contributed by atoms with E-state index in [0.29, 0.717) is 29.7 Å². The Balaban J connectivity index is 0.000000138. The van der Waals surface area contributed by atoms with E-state index in [2.05, 4.69) is 84.9 Å². The molecule has 0 spiro atoms. The Hall–Kier alpha value is -7.38. The number of aromatic amines is 1. The fourth-order valence-electron chi connectivity index (χ4n) is 10.1. The number of carboxylic acids is 1. The zero-order valence-electron chi connectivity index (χ0n) is 40.9. The van der Waals surface area contributed by atoms with Gasteiger partial charge in [-0.2, -0.15) is 30.6 Å². The number of rotatable bonds is 14. The lowest BCUT2D eigenvalue weighted by molar-refractivity contribution is 0.0668. The summed E-state index contributed by atoms with van der Waals surface area (Å²) >= 11 is 0. The molecule has 6 unspecified atom stereocenters. The largest absolute Gasteiger partial charge is 0.476 e. The first-order valence-corrected chi connectivity index (χ1v) is 28.1. The second-order valence-corrected chi connectivity index (χ2v) is 26.3. The van der Waals surface area contributed by atoms with Crippen LogP contribution in [0.3, 0.4) is 0 Å². The van der Waals surface area contributed by atoms with E-state index >= 15 is 0 Å². The summed E-state index contributed by atoms with van der Waals surface area (Å²) in [4.78, 5) is 24.3. The Morgan fingerprint density at radius 3 is 1.86 bits per heavy atom. The maximum atomic E-state index is 12.9. The predicted octanol–water partition coefficient (Wildman–Crippen LogP) is 8.07. The van der Waals surface area contributed by atoms with Crippen LogP contribution in [0.4, 0.5) is 11.4 Å². The smallest absolute Gasteiger partial charge is 0.356 e. The van der Waals surface area contributed by atoms with Crippen LogP contribution in [0.2, 0.25) is 25.7 Å². The van der Waals surface area contributed by atoms with Crippen LogP contribution in [0.5, 0.6) is 0 Å². The van der Waals surface area contributed by atoms with Gasteiger partial charge in [0.15, 0.2) is 11.4 Å². The second kappa shape index (κ2) is 20.8. The van der Waals surface area contributed by atoms with Gasteiger partial charge < -0.3 is 20.9 Å². The van der Waals surface area contributed by atoms with Crippen LogP contribution in [0.1, 0.15) is 98.1 Å². The fraction of sp³-hybridized carbons (Fsp3) is 0.396. The number of nitrogens with zero attached hydrogens (tertiary/aromatic N) is 11. The monoisotopic (exact) mass is 991 g/mol. The van der Waals surface area contributed by atoms with Crippen LogP contribution in [-0.4, -0.2) is 90.8 Å². The number of carboxylic acid groups (broad SMARTS) is 1. The number of hydrogen-bond acceptors (Lipinski definition) is 10. The number of nitrogens with one attached hydrogen (secondary N) is 2. The van der Waals surface area contributed by atoms with Crippen molar-refractivity contribution in [3.05, 3.63) is 166 Å². The Morgan fingerprint density at radius 1 is 0.736 bits per heavy atom. The molecular weight excluding hydrogens is 925 g/mol. The minimum absolute atomic E-state index is 0. The first-order valence-electron chi connectivity index (χ1n) is 24.4. The number of aryl methyl sites for hydroxylation is 2. The molecule has 1 amide bonds. The Bertz CT molecular complexity index is 3080. The molecular formula is C53H66N14O4Si. The lowest BCUT2D eigenvalue weighted by Gasteiger charge is -2.17. The summed E-state index contributed by atoms with van der Waals surface area (Å²) in [5.74, 6) is 1.85. The highest BCUT2D eigenvalue weighted by molar-refractivity contribution is 6.76. The molecule has 6 aromatic heterocycles. The number of carbonyl (C=O) groups is 2. The average molecular weight is 991 g/mol. The van der Waals surface area contributed by atoms with Crippen LogP contribution in [-0.2, 0) is 51.2 Å². The van der Waals surface area contributed by atoms with E-state index in [1.165, 1.54) is 12.8 Å². The number of amides is 1. The molecule has 4 aliphatic carbocycles. The number of aromatic carboxylic acids is 1. The van der Waals surface area contributed by atoms with Gasteiger partial charge in [0.25, 0.3) is 5.91 Å². The highest BCUT2D eigenvalue weighted by Crippen LogP contribution is 2.49. The Kier molecular flexibility index (Phi) is 14.3. The van der Waals surface area contributed by atoms with E-state index in [1.807, 2.05) is 97.0 Å². The maximum Gasteiger partial charge on any atom is 0.356 e. The molecule has 5 N–H and O–H groups in total. The number of anilines is 2. The summed E-state index contributed by atoms with van der Waals surface area (Å²) in [7, 11) is 2.71. The van der Waals surface area contributed by atoms with Gasteiger partial charge in [0.2, 0.25) is 0 Å². The molecule has 2 fully saturated rings. The summed E-state index contributed by atoms with van der Waals surface area (Å²) in [5, 5.41) is 41.4. The minimum Gasteiger partial charge on any atom is -0.476 e. The van der Waals surface area contributed by atoms with E-state index in [-0.39, 0.29) is 31.1 Å². The van der Waals surface area contributed by atoms with Gasteiger partial charge in [-0.3, -0.25) is 28.6 Å². The standard InChI is InChI=1S/C23H23N7O.C15H24N2O3Si.C14H15N5.CH4/c1-29-12-17(10-24-29)22(14-5-3-2-4-6-14)30-13-18(11-25-30)26-23(31)21-19-8-15-7-16(15)9-20(19)27-28-21;1-21(2,3)5-4-20-9-17-13-8-11-6-10(11)7-12(13)14(16-17)15(18)19;1-18-9-12(7-16-18)14(11-5-3-2-4-6-11)19-10-13(15)8-17-19;/h2-6,10-13,15-16,22H,7-9H2,1H3,(H,26,31)(H,27,28);10-11H,4-9H2,1-3H3,(H,18,19);2-10,14H,15H2,1H3;1H4. The van der Waals surface area contributed by atoms with Crippen molar-refractivity contribution in [3.8, 4) is 0 Å². The molecule has 8 aromatic rings. The summed E-state index contributed by atoms with van der Waals surface area (Å²) in [6.45, 7) is 8.09. The summed E-state index contributed by atoms with van der Waals surface area (Å²) in [5.41, 5.74) is 16.4. The first-order chi connectivity index (χ1) is 34.2. The third-order valence-electron chi connectivity index (χ3n) is 14.1. The molecule has 19 heteroatoms. The van der Waals surface area contributed by atoms with Crippen molar-refractivity contribution < 1.29 is 19.4 Å².